The van der Waals surface area contributed by atoms with Crippen LogP contribution in [-0.4, -0.2) is 30.0 Å². The van der Waals surface area contributed by atoms with Crippen LogP contribution in [0.3, 0.4) is 0 Å². The molecule has 108 valence electrons. The molecule has 0 saturated carbocycles. The van der Waals surface area contributed by atoms with Crippen LogP contribution in [0.2, 0.25) is 0 Å². The maximum absolute atomic E-state index is 11.0. The fraction of sp³-hybridized carbons (Fsp3) is 0.500. The van der Waals surface area contributed by atoms with Crippen molar-refractivity contribution in [1.29, 1.82) is 5.26 Å². The normalized spacial score (nSPS) is 11.9. The van der Waals surface area contributed by atoms with Crippen molar-refractivity contribution in [1.82, 2.24) is 4.90 Å². The second-order valence-corrected chi connectivity index (χ2v) is 4.62. The van der Waals surface area contributed by atoms with Gasteiger partial charge in [-0.3, -0.25) is 15.0 Å². The summed E-state index contributed by atoms with van der Waals surface area (Å²) in [4.78, 5) is 12.6. The van der Waals surface area contributed by atoms with E-state index in [1.807, 2.05) is 19.9 Å². The Morgan fingerprint density at radius 2 is 2.25 bits per heavy atom. The molecule has 0 N–H and O–H groups in total. The number of nitriles is 1. The molecule has 6 nitrogen and oxygen atoms in total. The highest BCUT2D eigenvalue weighted by Crippen LogP contribution is 2.28. The molecule has 1 aromatic rings. The van der Waals surface area contributed by atoms with Crippen LogP contribution in [0.25, 0.3) is 0 Å². The third-order valence-corrected chi connectivity index (χ3v) is 3.05. The van der Waals surface area contributed by atoms with Crippen molar-refractivity contribution >= 4 is 5.69 Å². The van der Waals surface area contributed by atoms with Gasteiger partial charge in [-0.1, -0.05) is 13.0 Å². The highest BCUT2D eigenvalue weighted by molar-refractivity contribution is 5.48. The van der Waals surface area contributed by atoms with Crippen molar-refractivity contribution in [2.24, 2.45) is 5.92 Å². The van der Waals surface area contributed by atoms with Crippen molar-refractivity contribution in [3.63, 3.8) is 0 Å². The molecule has 20 heavy (non-hydrogen) atoms. The number of benzene rings is 1. The number of rotatable bonds is 7. The van der Waals surface area contributed by atoms with E-state index in [1.165, 1.54) is 13.2 Å². The molecule has 1 rings (SSSR count). The average molecular weight is 277 g/mol. The Morgan fingerprint density at radius 3 is 2.75 bits per heavy atom. The molecule has 6 heteroatoms. The standard InChI is InChI=1S/C14H19N3O3/c1-4-16(9-11(2)8-15)10-12-5-6-14(20-3)13(7-12)17(18)19/h5-7,11H,4,9-10H2,1-3H3. The Labute approximate surface area is 118 Å². The highest BCUT2D eigenvalue weighted by atomic mass is 16.6. The summed E-state index contributed by atoms with van der Waals surface area (Å²) in [7, 11) is 1.41. The van der Waals surface area contributed by atoms with E-state index in [2.05, 4.69) is 11.0 Å². The molecule has 1 unspecified atom stereocenters. The minimum Gasteiger partial charge on any atom is -0.490 e. The van der Waals surface area contributed by atoms with Crippen molar-refractivity contribution in [2.45, 2.75) is 20.4 Å². The Bertz CT molecular complexity index is 511. The summed E-state index contributed by atoms with van der Waals surface area (Å²) in [6, 6.07) is 7.14. The average Bonchev–Trinajstić information content (AvgIpc) is 2.45. The fourth-order valence-corrected chi connectivity index (χ4v) is 1.97. The molecule has 0 spiro atoms. The third kappa shape index (κ3) is 4.21. The minimum atomic E-state index is -0.448. The summed E-state index contributed by atoms with van der Waals surface area (Å²) in [5, 5.41) is 19.8. The number of hydrogen-bond acceptors (Lipinski definition) is 5. The number of hydrogen-bond donors (Lipinski definition) is 0. The van der Waals surface area contributed by atoms with E-state index >= 15 is 0 Å². The smallest absolute Gasteiger partial charge is 0.311 e. The summed E-state index contributed by atoms with van der Waals surface area (Å²) in [6.45, 7) is 5.87. The summed E-state index contributed by atoms with van der Waals surface area (Å²) in [6.07, 6.45) is 0. The van der Waals surface area contributed by atoms with E-state index in [0.717, 1.165) is 12.1 Å². The van der Waals surface area contributed by atoms with Gasteiger partial charge in [0.25, 0.3) is 0 Å². The quantitative estimate of drug-likeness (QED) is 0.565. The van der Waals surface area contributed by atoms with Gasteiger partial charge in [0, 0.05) is 19.2 Å². The first-order valence-corrected chi connectivity index (χ1v) is 6.45. The van der Waals surface area contributed by atoms with E-state index in [0.29, 0.717) is 13.1 Å². The number of nitro benzene ring substituents is 1. The van der Waals surface area contributed by atoms with Gasteiger partial charge in [-0.05, 0) is 25.1 Å². The van der Waals surface area contributed by atoms with Gasteiger partial charge in [0.05, 0.1) is 24.0 Å². The van der Waals surface area contributed by atoms with Gasteiger partial charge < -0.3 is 4.74 Å². The molecule has 0 aromatic heterocycles. The van der Waals surface area contributed by atoms with E-state index in [4.69, 9.17) is 10.00 Å². The lowest BCUT2D eigenvalue weighted by Crippen LogP contribution is -2.27. The lowest BCUT2D eigenvalue weighted by molar-refractivity contribution is -0.385. The summed E-state index contributed by atoms with van der Waals surface area (Å²) in [5.41, 5.74) is 0.805. The van der Waals surface area contributed by atoms with Gasteiger partial charge in [0.2, 0.25) is 0 Å². The first kappa shape index (κ1) is 15.9. The first-order valence-electron chi connectivity index (χ1n) is 6.45. The number of methoxy groups -OCH3 is 1. The van der Waals surface area contributed by atoms with E-state index < -0.39 is 4.92 Å². The van der Waals surface area contributed by atoms with Crippen LogP contribution < -0.4 is 4.74 Å². The molecule has 0 aliphatic heterocycles. The number of nitro groups is 1. The molecule has 0 saturated heterocycles. The van der Waals surface area contributed by atoms with Crippen molar-refractivity contribution < 1.29 is 9.66 Å². The fourth-order valence-electron chi connectivity index (χ4n) is 1.97. The van der Waals surface area contributed by atoms with Crippen LogP contribution in [0.15, 0.2) is 18.2 Å². The Kier molecular flexibility index (Phi) is 5.94. The molecule has 0 bridgehead atoms. The largest absolute Gasteiger partial charge is 0.490 e. The Morgan fingerprint density at radius 1 is 1.55 bits per heavy atom. The second kappa shape index (κ2) is 7.46. The zero-order valence-electron chi connectivity index (χ0n) is 12.0. The molecule has 1 atom stereocenters. The van der Waals surface area contributed by atoms with Gasteiger partial charge >= 0.3 is 5.69 Å². The van der Waals surface area contributed by atoms with E-state index in [9.17, 15) is 10.1 Å². The summed E-state index contributed by atoms with van der Waals surface area (Å²) < 4.78 is 4.98. The van der Waals surface area contributed by atoms with Crippen molar-refractivity contribution in [3.05, 3.63) is 33.9 Å². The molecule has 0 amide bonds. The second-order valence-electron chi connectivity index (χ2n) is 4.62. The van der Waals surface area contributed by atoms with Crippen LogP contribution in [-0.2, 0) is 6.54 Å². The van der Waals surface area contributed by atoms with Gasteiger partial charge in [-0.2, -0.15) is 5.26 Å². The van der Waals surface area contributed by atoms with Gasteiger partial charge in [0.1, 0.15) is 0 Å². The minimum absolute atomic E-state index is 0.0330. The highest BCUT2D eigenvalue weighted by Gasteiger charge is 2.16. The monoisotopic (exact) mass is 277 g/mol. The summed E-state index contributed by atoms with van der Waals surface area (Å²) >= 11 is 0. The molecular formula is C14H19N3O3. The van der Waals surface area contributed by atoms with E-state index in [1.54, 1.807) is 6.07 Å². The lowest BCUT2D eigenvalue weighted by Gasteiger charge is -2.21. The molecule has 0 aliphatic rings. The van der Waals surface area contributed by atoms with Crippen molar-refractivity contribution in [2.75, 3.05) is 20.2 Å². The van der Waals surface area contributed by atoms with Gasteiger partial charge in [-0.15, -0.1) is 0 Å². The van der Waals surface area contributed by atoms with Crippen LogP contribution in [0.1, 0.15) is 19.4 Å². The molecule has 0 radical (unpaired) electrons. The van der Waals surface area contributed by atoms with Crippen LogP contribution in [0.4, 0.5) is 5.69 Å². The van der Waals surface area contributed by atoms with Crippen LogP contribution >= 0.6 is 0 Å². The zero-order valence-corrected chi connectivity index (χ0v) is 12.0. The topological polar surface area (TPSA) is 79.4 Å². The lowest BCUT2D eigenvalue weighted by atomic mass is 10.1. The van der Waals surface area contributed by atoms with Crippen LogP contribution in [0.5, 0.6) is 5.75 Å². The predicted molar refractivity (Wildman–Crippen MR) is 75.4 cm³/mol. The first-order chi connectivity index (χ1) is 9.51. The third-order valence-electron chi connectivity index (χ3n) is 3.05. The SMILES string of the molecule is CCN(Cc1ccc(OC)c([N+](=O)[O-])c1)CC(C)C#N. The zero-order chi connectivity index (χ0) is 15.1. The maximum Gasteiger partial charge on any atom is 0.311 e. The Hall–Kier alpha value is -2.13. The maximum atomic E-state index is 11.0. The van der Waals surface area contributed by atoms with Crippen molar-refractivity contribution in [3.8, 4) is 11.8 Å². The summed E-state index contributed by atoms with van der Waals surface area (Å²) in [5.74, 6) is 0.190. The molecular weight excluding hydrogens is 258 g/mol. The number of ether oxygens (including phenoxy) is 1. The van der Waals surface area contributed by atoms with Gasteiger partial charge in [0.15, 0.2) is 5.75 Å². The van der Waals surface area contributed by atoms with Gasteiger partial charge in [-0.25, -0.2) is 0 Å². The van der Waals surface area contributed by atoms with E-state index in [-0.39, 0.29) is 17.4 Å². The molecule has 0 aliphatic carbocycles. The number of nitrogens with zero attached hydrogens (tertiary/aromatic N) is 3. The molecule has 1 aromatic carbocycles. The van der Waals surface area contributed by atoms with Crippen LogP contribution in [0, 0.1) is 27.4 Å². The predicted octanol–water partition coefficient (Wildman–Crippen LogP) is 2.58. The molecule has 0 fully saturated rings. The molecule has 0 heterocycles. The Balaban J connectivity index is 2.89.